The third kappa shape index (κ3) is 2.46. The molecule has 80 valence electrons. The average molecular weight is 309 g/mol. The summed E-state index contributed by atoms with van der Waals surface area (Å²) in [5, 5.41) is 19.1. The van der Waals surface area contributed by atoms with Gasteiger partial charge >= 0.3 is 0 Å². The molecular weight excluding hydrogens is 301 g/mol. The van der Waals surface area contributed by atoms with Gasteiger partial charge in [0.2, 0.25) is 0 Å². The van der Waals surface area contributed by atoms with Crippen LogP contribution in [0.5, 0.6) is 0 Å². The summed E-state index contributed by atoms with van der Waals surface area (Å²) >= 11 is 14.5. The zero-order valence-electron chi connectivity index (χ0n) is 7.57. The first-order chi connectivity index (χ1) is 7.03. The van der Waals surface area contributed by atoms with Crippen LogP contribution in [0, 0.1) is 11.3 Å². The molecule has 2 nitrogen and oxygen atoms in total. The van der Waals surface area contributed by atoms with Gasteiger partial charge in [-0.05, 0) is 5.56 Å². The third-order valence-corrected chi connectivity index (χ3v) is 3.64. The summed E-state index contributed by atoms with van der Waals surface area (Å²) in [6.45, 7) is 0. The first kappa shape index (κ1) is 12.8. The van der Waals surface area contributed by atoms with E-state index in [1.165, 1.54) is 0 Å². The number of aliphatic hydroxyl groups is 1. The molecule has 0 heterocycles. The van der Waals surface area contributed by atoms with Crippen LogP contribution in [-0.4, -0.2) is 14.8 Å². The van der Waals surface area contributed by atoms with Crippen LogP contribution < -0.4 is 0 Å². The summed E-state index contributed by atoms with van der Waals surface area (Å²) in [6.07, 6.45) is 0. The number of benzene rings is 1. The van der Waals surface area contributed by atoms with E-state index in [1.807, 2.05) is 6.07 Å². The van der Waals surface area contributed by atoms with Gasteiger partial charge in [-0.15, -0.1) is 23.2 Å². The predicted octanol–water partition coefficient (Wildman–Crippen LogP) is 2.96. The molecule has 1 aromatic rings. The summed E-state index contributed by atoms with van der Waals surface area (Å²) in [5.41, 5.74) is -1.11. The van der Waals surface area contributed by atoms with E-state index in [0.717, 1.165) is 0 Å². The fourth-order valence-corrected chi connectivity index (χ4v) is 2.52. The Morgan fingerprint density at radius 3 is 2.27 bits per heavy atom. The van der Waals surface area contributed by atoms with Crippen LogP contribution in [0.2, 0.25) is 0 Å². The van der Waals surface area contributed by atoms with Crippen molar-refractivity contribution in [2.24, 2.45) is 0 Å². The highest BCUT2D eigenvalue weighted by Gasteiger charge is 2.43. The zero-order valence-corrected chi connectivity index (χ0v) is 10.7. The number of hydrogen-bond acceptors (Lipinski definition) is 2. The second kappa shape index (κ2) is 5.18. The van der Waals surface area contributed by atoms with Crippen molar-refractivity contribution in [2.75, 3.05) is 0 Å². The Hall–Kier alpha value is -0.270. The number of hydrogen-bond donors (Lipinski definition) is 1. The zero-order chi connectivity index (χ0) is 11.5. The molecule has 0 saturated carbocycles. The number of nitrogens with zero attached hydrogens (tertiary/aromatic N) is 1. The minimum Gasteiger partial charge on any atom is -0.380 e. The van der Waals surface area contributed by atoms with Gasteiger partial charge in [0, 0.05) is 0 Å². The maximum absolute atomic E-state index is 10.3. The van der Waals surface area contributed by atoms with Crippen molar-refractivity contribution in [2.45, 2.75) is 15.3 Å². The van der Waals surface area contributed by atoms with Crippen LogP contribution in [0.4, 0.5) is 0 Å². The molecule has 0 amide bonds. The summed E-state index contributed by atoms with van der Waals surface area (Å²) in [6, 6.07) is 10.5. The smallest absolute Gasteiger partial charge is 0.145 e. The molecule has 1 rings (SSSR count). The van der Waals surface area contributed by atoms with E-state index in [4.69, 9.17) is 28.5 Å². The minimum absolute atomic E-state index is 0.503. The quantitative estimate of drug-likeness (QED) is 0.873. The van der Waals surface area contributed by atoms with E-state index in [9.17, 15) is 5.11 Å². The number of halogens is 3. The van der Waals surface area contributed by atoms with Gasteiger partial charge in [-0.2, -0.15) is 5.26 Å². The van der Waals surface area contributed by atoms with E-state index in [2.05, 4.69) is 15.9 Å². The number of nitriles is 1. The van der Waals surface area contributed by atoms with Gasteiger partial charge in [0.25, 0.3) is 0 Å². The van der Waals surface area contributed by atoms with E-state index in [0.29, 0.717) is 5.56 Å². The summed E-state index contributed by atoms with van der Waals surface area (Å²) in [4.78, 5) is -1.96. The van der Waals surface area contributed by atoms with Crippen molar-refractivity contribution in [3.05, 3.63) is 35.9 Å². The minimum atomic E-state index is -1.61. The van der Waals surface area contributed by atoms with Crippen molar-refractivity contribution in [1.29, 1.82) is 5.26 Å². The van der Waals surface area contributed by atoms with Gasteiger partial charge in [0.15, 0.2) is 0 Å². The molecule has 0 bridgehead atoms. The van der Waals surface area contributed by atoms with Crippen molar-refractivity contribution < 1.29 is 5.11 Å². The maximum atomic E-state index is 10.3. The average Bonchev–Trinajstić information content (AvgIpc) is 2.27. The van der Waals surface area contributed by atoms with Crippen molar-refractivity contribution in [1.82, 2.24) is 0 Å². The molecule has 2 atom stereocenters. The first-order valence-corrected chi connectivity index (χ1v) is 5.92. The maximum Gasteiger partial charge on any atom is 0.145 e. The molecule has 0 radical (unpaired) electrons. The Kier molecular flexibility index (Phi) is 4.42. The highest BCUT2D eigenvalue weighted by atomic mass is 79.9. The molecule has 0 aliphatic carbocycles. The summed E-state index contributed by atoms with van der Waals surface area (Å²) < 4.78 is 0. The van der Waals surface area contributed by atoms with Crippen LogP contribution in [0.1, 0.15) is 5.56 Å². The van der Waals surface area contributed by atoms with Crippen molar-refractivity contribution in [3.63, 3.8) is 0 Å². The van der Waals surface area contributed by atoms with Crippen molar-refractivity contribution >= 4 is 39.1 Å². The molecule has 1 N–H and O–H groups in total. The molecule has 0 fully saturated rings. The van der Waals surface area contributed by atoms with E-state index >= 15 is 0 Å². The van der Waals surface area contributed by atoms with Gasteiger partial charge in [-0.25, -0.2) is 0 Å². The van der Waals surface area contributed by atoms with E-state index in [-0.39, 0.29) is 0 Å². The Labute approximate surface area is 107 Å². The molecule has 15 heavy (non-hydrogen) atoms. The molecular formula is C10H8BrCl2NO. The van der Waals surface area contributed by atoms with Gasteiger partial charge in [0.05, 0.1) is 6.07 Å². The Morgan fingerprint density at radius 2 is 1.87 bits per heavy atom. The van der Waals surface area contributed by atoms with Gasteiger partial charge < -0.3 is 5.11 Å². The van der Waals surface area contributed by atoms with Crippen LogP contribution in [-0.2, 0) is 5.60 Å². The molecule has 1 aromatic carbocycles. The fourth-order valence-electron chi connectivity index (χ4n) is 1.19. The summed E-state index contributed by atoms with van der Waals surface area (Å²) in [7, 11) is 0. The third-order valence-electron chi connectivity index (χ3n) is 2.07. The number of rotatable bonds is 3. The standard InChI is InChI=1S/C10H8BrCl2NO/c11-8(6-14)10(15,9(12)13)7-4-2-1-3-5-7/h1-5,8-9,15H. The van der Waals surface area contributed by atoms with Crippen LogP contribution in [0.25, 0.3) is 0 Å². The lowest BCUT2D eigenvalue weighted by molar-refractivity contribution is 0.0631. The Morgan fingerprint density at radius 1 is 1.33 bits per heavy atom. The SMILES string of the molecule is N#CC(Br)C(O)(c1ccccc1)C(Cl)Cl. The van der Waals surface area contributed by atoms with Crippen LogP contribution in [0.3, 0.4) is 0 Å². The normalized spacial score (nSPS) is 16.8. The monoisotopic (exact) mass is 307 g/mol. The largest absolute Gasteiger partial charge is 0.380 e. The van der Waals surface area contributed by atoms with Crippen molar-refractivity contribution in [3.8, 4) is 6.07 Å². The molecule has 0 aliphatic rings. The second-order valence-corrected chi connectivity index (χ2v) is 5.00. The van der Waals surface area contributed by atoms with E-state index < -0.39 is 15.3 Å². The highest BCUT2D eigenvalue weighted by molar-refractivity contribution is 9.09. The van der Waals surface area contributed by atoms with Crippen LogP contribution >= 0.6 is 39.1 Å². The second-order valence-electron chi connectivity index (χ2n) is 2.98. The van der Waals surface area contributed by atoms with Crippen LogP contribution in [0.15, 0.2) is 30.3 Å². The molecule has 2 unspecified atom stereocenters. The molecule has 0 saturated heterocycles. The topological polar surface area (TPSA) is 44.0 Å². The molecule has 0 aromatic heterocycles. The highest BCUT2D eigenvalue weighted by Crippen LogP contribution is 2.37. The van der Waals surface area contributed by atoms with Gasteiger partial charge in [-0.3, -0.25) is 0 Å². The summed E-state index contributed by atoms with van der Waals surface area (Å²) in [5.74, 6) is 0. The first-order valence-electron chi connectivity index (χ1n) is 4.13. The lowest BCUT2D eigenvalue weighted by Crippen LogP contribution is -2.41. The van der Waals surface area contributed by atoms with Gasteiger partial charge in [-0.1, -0.05) is 46.3 Å². The molecule has 0 spiro atoms. The lowest BCUT2D eigenvalue weighted by Gasteiger charge is -2.30. The van der Waals surface area contributed by atoms with Gasteiger partial charge in [0.1, 0.15) is 15.3 Å². The molecule has 5 heteroatoms. The Bertz CT molecular complexity index is 365. The molecule has 0 aliphatic heterocycles. The lowest BCUT2D eigenvalue weighted by atomic mass is 9.93. The number of alkyl halides is 3. The fraction of sp³-hybridized carbons (Fsp3) is 0.300. The Balaban J connectivity index is 3.20. The predicted molar refractivity (Wildman–Crippen MR) is 64.2 cm³/mol. The van der Waals surface area contributed by atoms with E-state index in [1.54, 1.807) is 30.3 Å².